The lowest BCUT2D eigenvalue weighted by Crippen LogP contribution is -3.28. The standard InChI is InChI=1S/C21H25Cl2N3O2/c22-15-1-3-20-18(11-15)19-12-16(23)2-4-21(19)26(20)14-17(28)13-25-7-5-24(6-8-25)9-10-27/h1-4,11-12,17,27-28H,5-10,13-14H2/p+2/t17-/m1/s1. The Bertz CT molecular complexity index is 908. The summed E-state index contributed by atoms with van der Waals surface area (Å²) in [4.78, 5) is 2.89. The second kappa shape index (κ2) is 8.57. The number of rotatable bonds is 6. The molecule has 0 spiro atoms. The lowest BCUT2D eigenvalue weighted by Gasteiger charge is -2.30. The number of hydrogen-bond acceptors (Lipinski definition) is 2. The van der Waals surface area contributed by atoms with E-state index in [0.717, 1.165) is 61.1 Å². The van der Waals surface area contributed by atoms with Gasteiger partial charge >= 0.3 is 0 Å². The highest BCUT2D eigenvalue weighted by Crippen LogP contribution is 2.32. The number of aliphatic hydroxyl groups excluding tert-OH is 2. The van der Waals surface area contributed by atoms with Crippen molar-refractivity contribution in [3.05, 3.63) is 46.4 Å². The van der Waals surface area contributed by atoms with Crippen LogP contribution in [0.3, 0.4) is 0 Å². The van der Waals surface area contributed by atoms with E-state index < -0.39 is 6.10 Å². The summed E-state index contributed by atoms with van der Waals surface area (Å²) >= 11 is 12.4. The van der Waals surface area contributed by atoms with Gasteiger partial charge in [-0.25, -0.2) is 0 Å². The van der Waals surface area contributed by atoms with Crippen molar-refractivity contribution in [1.29, 1.82) is 0 Å². The van der Waals surface area contributed by atoms with Gasteiger partial charge in [0.25, 0.3) is 0 Å². The lowest BCUT2D eigenvalue weighted by atomic mass is 10.1. The maximum atomic E-state index is 10.8. The first-order valence-electron chi connectivity index (χ1n) is 9.88. The molecule has 3 aromatic rings. The molecule has 0 radical (unpaired) electrons. The van der Waals surface area contributed by atoms with Gasteiger partial charge in [0.15, 0.2) is 0 Å². The minimum Gasteiger partial charge on any atom is -0.391 e. The third kappa shape index (κ3) is 4.15. The number of piperazine rings is 1. The van der Waals surface area contributed by atoms with Crippen LogP contribution in [0.15, 0.2) is 36.4 Å². The van der Waals surface area contributed by atoms with E-state index in [-0.39, 0.29) is 6.61 Å². The van der Waals surface area contributed by atoms with Gasteiger partial charge in [0.05, 0.1) is 13.2 Å². The third-order valence-corrected chi connectivity index (χ3v) is 6.31. The monoisotopic (exact) mass is 423 g/mol. The van der Waals surface area contributed by atoms with Crippen LogP contribution in [0.1, 0.15) is 0 Å². The molecule has 0 aliphatic carbocycles. The Morgan fingerprint density at radius 3 is 1.96 bits per heavy atom. The maximum absolute atomic E-state index is 10.8. The molecule has 4 N–H and O–H groups in total. The Morgan fingerprint density at radius 2 is 1.43 bits per heavy atom. The number of benzene rings is 2. The number of fused-ring (bicyclic) bond motifs is 3. The summed E-state index contributed by atoms with van der Waals surface area (Å²) < 4.78 is 2.18. The van der Waals surface area contributed by atoms with Gasteiger partial charge in [-0.3, -0.25) is 0 Å². The molecule has 4 rings (SSSR count). The summed E-state index contributed by atoms with van der Waals surface area (Å²) in [5.74, 6) is 0. The first-order chi connectivity index (χ1) is 13.5. The van der Waals surface area contributed by atoms with Crippen molar-refractivity contribution < 1.29 is 20.0 Å². The van der Waals surface area contributed by atoms with Crippen molar-refractivity contribution in [2.75, 3.05) is 45.9 Å². The van der Waals surface area contributed by atoms with Crippen LogP contribution in [0.5, 0.6) is 0 Å². The van der Waals surface area contributed by atoms with Gasteiger partial charge < -0.3 is 24.6 Å². The minimum atomic E-state index is -0.431. The first kappa shape index (κ1) is 20.0. The largest absolute Gasteiger partial charge is 0.391 e. The zero-order valence-corrected chi connectivity index (χ0v) is 17.3. The molecule has 2 heterocycles. The molecule has 1 saturated heterocycles. The van der Waals surface area contributed by atoms with Crippen LogP contribution in [0.4, 0.5) is 0 Å². The molecular weight excluding hydrogens is 397 g/mol. The van der Waals surface area contributed by atoms with Gasteiger partial charge in [0.2, 0.25) is 0 Å². The topological polar surface area (TPSA) is 54.3 Å². The van der Waals surface area contributed by atoms with Crippen molar-refractivity contribution in [3.63, 3.8) is 0 Å². The Kier molecular flexibility index (Phi) is 6.11. The Balaban J connectivity index is 1.54. The highest BCUT2D eigenvalue weighted by molar-refractivity contribution is 6.33. The third-order valence-electron chi connectivity index (χ3n) is 5.84. The molecule has 7 heteroatoms. The normalized spacial score (nSPS) is 21.4. The maximum Gasteiger partial charge on any atom is 0.127 e. The molecule has 1 aliphatic rings. The zero-order chi connectivity index (χ0) is 19.7. The number of nitrogens with zero attached hydrogens (tertiary/aromatic N) is 1. The van der Waals surface area contributed by atoms with Gasteiger partial charge in [-0.1, -0.05) is 23.2 Å². The average Bonchev–Trinajstić information content (AvgIpc) is 2.96. The Labute approximate surface area is 174 Å². The van der Waals surface area contributed by atoms with Crippen molar-refractivity contribution in [2.24, 2.45) is 0 Å². The van der Waals surface area contributed by atoms with Crippen LogP contribution in [0.25, 0.3) is 21.8 Å². The number of hydrogen-bond donors (Lipinski definition) is 4. The molecule has 0 saturated carbocycles. The fourth-order valence-electron chi connectivity index (χ4n) is 4.42. The summed E-state index contributed by atoms with van der Waals surface area (Å²) in [7, 11) is 0. The fraction of sp³-hybridized carbons (Fsp3) is 0.429. The van der Waals surface area contributed by atoms with Crippen LogP contribution in [0.2, 0.25) is 10.0 Å². The summed E-state index contributed by atoms with van der Waals surface area (Å²) in [6.07, 6.45) is -0.431. The molecule has 1 aromatic heterocycles. The van der Waals surface area contributed by atoms with Gasteiger partial charge in [-0.2, -0.15) is 0 Å². The van der Waals surface area contributed by atoms with E-state index in [9.17, 15) is 5.11 Å². The van der Waals surface area contributed by atoms with Crippen LogP contribution in [-0.4, -0.2) is 66.8 Å². The van der Waals surface area contributed by atoms with E-state index in [1.165, 1.54) is 9.80 Å². The second-order valence-electron chi connectivity index (χ2n) is 7.77. The smallest absolute Gasteiger partial charge is 0.127 e. The van der Waals surface area contributed by atoms with Crippen LogP contribution >= 0.6 is 23.2 Å². The first-order valence-corrected chi connectivity index (χ1v) is 10.6. The summed E-state index contributed by atoms with van der Waals surface area (Å²) in [6, 6.07) is 11.7. The Hall–Kier alpha value is -1.34. The fourth-order valence-corrected chi connectivity index (χ4v) is 4.77. The number of quaternary nitrogens is 2. The second-order valence-corrected chi connectivity index (χ2v) is 8.64. The van der Waals surface area contributed by atoms with E-state index in [4.69, 9.17) is 28.3 Å². The van der Waals surface area contributed by atoms with Crippen LogP contribution in [-0.2, 0) is 6.54 Å². The summed E-state index contributed by atoms with van der Waals surface area (Å²) in [5.41, 5.74) is 2.13. The van der Waals surface area contributed by atoms with Crippen LogP contribution in [0, 0.1) is 0 Å². The highest BCUT2D eigenvalue weighted by atomic mass is 35.5. The predicted molar refractivity (Wildman–Crippen MR) is 114 cm³/mol. The molecule has 1 aliphatic heterocycles. The molecule has 1 fully saturated rings. The van der Waals surface area contributed by atoms with E-state index in [1.54, 1.807) is 0 Å². The molecule has 0 bridgehead atoms. The molecular formula is C21H27Cl2N3O2+2. The molecule has 0 unspecified atom stereocenters. The number of nitrogens with one attached hydrogen (secondary N) is 2. The van der Waals surface area contributed by atoms with Gasteiger partial charge in [0, 0.05) is 31.9 Å². The van der Waals surface area contributed by atoms with E-state index in [2.05, 4.69) is 4.57 Å². The van der Waals surface area contributed by atoms with E-state index in [0.29, 0.717) is 16.6 Å². The SMILES string of the molecule is OCC[NH+]1CC[NH+](C[C@@H](O)Cn2c3ccc(Cl)cc3c3cc(Cl)ccc32)CC1. The zero-order valence-electron chi connectivity index (χ0n) is 15.8. The molecule has 5 nitrogen and oxygen atoms in total. The van der Waals surface area contributed by atoms with E-state index in [1.807, 2.05) is 36.4 Å². The molecule has 2 aromatic carbocycles. The van der Waals surface area contributed by atoms with Crippen LogP contribution < -0.4 is 9.80 Å². The van der Waals surface area contributed by atoms with E-state index >= 15 is 0 Å². The molecule has 28 heavy (non-hydrogen) atoms. The highest BCUT2D eigenvalue weighted by Gasteiger charge is 2.25. The average molecular weight is 424 g/mol. The van der Waals surface area contributed by atoms with Crippen molar-refractivity contribution >= 4 is 45.0 Å². The molecule has 0 amide bonds. The van der Waals surface area contributed by atoms with Crippen molar-refractivity contribution in [3.8, 4) is 0 Å². The van der Waals surface area contributed by atoms with Crippen molar-refractivity contribution in [2.45, 2.75) is 12.6 Å². The minimum absolute atomic E-state index is 0.245. The number of aromatic nitrogens is 1. The van der Waals surface area contributed by atoms with Gasteiger partial charge in [-0.05, 0) is 36.4 Å². The Morgan fingerprint density at radius 1 is 0.893 bits per heavy atom. The van der Waals surface area contributed by atoms with Gasteiger partial charge in [0.1, 0.15) is 45.4 Å². The summed E-state index contributed by atoms with van der Waals surface area (Å²) in [5, 5.41) is 23.4. The van der Waals surface area contributed by atoms with Gasteiger partial charge in [-0.15, -0.1) is 0 Å². The molecule has 150 valence electrons. The lowest BCUT2D eigenvalue weighted by molar-refractivity contribution is -1.01. The van der Waals surface area contributed by atoms with Crippen molar-refractivity contribution in [1.82, 2.24) is 4.57 Å². The number of halogens is 2. The quantitative estimate of drug-likeness (QED) is 0.459. The molecule has 1 atom stereocenters. The summed E-state index contributed by atoms with van der Waals surface area (Å²) in [6.45, 7) is 6.51. The predicted octanol–water partition coefficient (Wildman–Crippen LogP) is 0.238. The number of aliphatic hydroxyl groups is 2.